The number of anilines is 2. The lowest BCUT2D eigenvalue weighted by molar-refractivity contribution is -0.136. The van der Waals surface area contributed by atoms with Crippen LogP contribution >= 0.6 is 11.6 Å². The summed E-state index contributed by atoms with van der Waals surface area (Å²) in [5, 5.41) is 8.52. The van der Waals surface area contributed by atoms with E-state index in [0.717, 1.165) is 30.0 Å². The molecular formula is C32H42ClN5O7S. The Morgan fingerprint density at radius 1 is 1.09 bits per heavy atom. The van der Waals surface area contributed by atoms with Gasteiger partial charge in [-0.25, -0.2) is 13.2 Å². The number of ether oxygens (including phenoxy) is 1. The maximum Gasteiger partial charge on any atom is 0.407 e. The molecule has 0 spiro atoms. The average Bonchev–Trinajstić information content (AvgIpc) is 3.53. The minimum Gasteiger partial charge on any atom is -0.450 e. The molecule has 4 rings (SSSR count). The van der Waals surface area contributed by atoms with Crippen LogP contribution in [0.4, 0.5) is 16.2 Å². The Hall–Kier alpha value is -3.84. The molecule has 2 atom stereocenters. The van der Waals surface area contributed by atoms with Crippen LogP contribution in [0.3, 0.4) is 0 Å². The zero-order valence-corrected chi connectivity index (χ0v) is 28.0. The number of benzene rings is 2. The van der Waals surface area contributed by atoms with Crippen LogP contribution in [0.15, 0.2) is 41.3 Å². The molecule has 4 amide bonds. The maximum atomic E-state index is 14.3. The van der Waals surface area contributed by atoms with Gasteiger partial charge in [-0.05, 0) is 81.3 Å². The summed E-state index contributed by atoms with van der Waals surface area (Å²) in [5.41, 5.74) is 1.31. The average molecular weight is 676 g/mol. The van der Waals surface area contributed by atoms with Crippen LogP contribution in [-0.2, 0) is 29.1 Å². The van der Waals surface area contributed by atoms with Gasteiger partial charge in [0.05, 0.1) is 29.3 Å². The molecule has 2 aromatic rings. The third-order valence-corrected chi connectivity index (χ3v) is 10.4. The summed E-state index contributed by atoms with van der Waals surface area (Å²) < 4.78 is 34.7. The molecule has 0 radical (unpaired) electrons. The van der Waals surface area contributed by atoms with E-state index in [1.165, 1.54) is 12.1 Å². The summed E-state index contributed by atoms with van der Waals surface area (Å²) in [6.07, 6.45) is 2.89. The smallest absolute Gasteiger partial charge is 0.407 e. The van der Waals surface area contributed by atoms with Crippen LogP contribution in [0.1, 0.15) is 63.0 Å². The van der Waals surface area contributed by atoms with Gasteiger partial charge in [-0.2, -0.15) is 0 Å². The van der Waals surface area contributed by atoms with Gasteiger partial charge >= 0.3 is 6.09 Å². The topological polar surface area (TPSA) is 154 Å². The number of unbranched alkanes of at least 4 members (excludes halogenated alkanes) is 1. The monoisotopic (exact) mass is 675 g/mol. The fourth-order valence-corrected chi connectivity index (χ4v) is 8.22. The first kappa shape index (κ1) is 35.0. The van der Waals surface area contributed by atoms with Crippen LogP contribution in [0.2, 0.25) is 5.02 Å². The molecular weight excluding hydrogens is 634 g/mol. The molecule has 46 heavy (non-hydrogen) atoms. The molecule has 2 aromatic carbocycles. The third kappa shape index (κ3) is 8.30. The lowest BCUT2D eigenvalue weighted by Gasteiger charge is -2.37. The molecule has 2 aliphatic rings. The molecule has 1 fully saturated rings. The van der Waals surface area contributed by atoms with Crippen LogP contribution < -0.4 is 20.3 Å². The normalized spacial score (nSPS) is 16.8. The van der Waals surface area contributed by atoms with Crippen molar-refractivity contribution in [2.75, 3.05) is 35.9 Å². The number of hydrogen-bond donors (Lipinski definition) is 3. The summed E-state index contributed by atoms with van der Waals surface area (Å²) in [6.45, 7) is 6.93. The van der Waals surface area contributed by atoms with E-state index in [1.54, 1.807) is 43.0 Å². The number of carbonyl (C=O) groups excluding carboxylic acids is 4. The first-order valence-corrected chi connectivity index (χ1v) is 17.5. The van der Waals surface area contributed by atoms with E-state index in [0.29, 0.717) is 48.0 Å². The van der Waals surface area contributed by atoms with Crippen molar-refractivity contribution in [3.05, 3.63) is 52.5 Å². The second kappa shape index (κ2) is 15.6. The van der Waals surface area contributed by atoms with E-state index in [-0.39, 0.29) is 29.5 Å². The van der Waals surface area contributed by atoms with Crippen molar-refractivity contribution in [3.8, 4) is 0 Å². The van der Waals surface area contributed by atoms with Gasteiger partial charge in [0.1, 0.15) is 12.1 Å². The quantitative estimate of drug-likeness (QED) is 0.268. The van der Waals surface area contributed by atoms with Crippen molar-refractivity contribution in [3.63, 3.8) is 0 Å². The lowest BCUT2D eigenvalue weighted by Crippen LogP contribution is -2.54. The molecule has 0 bridgehead atoms. The number of para-hydroxylation sites is 2. The lowest BCUT2D eigenvalue weighted by atomic mass is 10.1. The van der Waals surface area contributed by atoms with Crippen molar-refractivity contribution >= 4 is 56.8 Å². The number of nitrogens with zero attached hydrogens (tertiary/aromatic N) is 2. The van der Waals surface area contributed by atoms with Crippen molar-refractivity contribution in [2.24, 2.45) is 0 Å². The van der Waals surface area contributed by atoms with E-state index >= 15 is 0 Å². The van der Waals surface area contributed by atoms with Crippen LogP contribution in [0, 0.1) is 13.8 Å². The van der Waals surface area contributed by atoms with E-state index < -0.39 is 46.4 Å². The second-order valence-electron chi connectivity index (χ2n) is 11.6. The molecule has 0 aliphatic carbocycles. The van der Waals surface area contributed by atoms with E-state index in [9.17, 15) is 27.6 Å². The van der Waals surface area contributed by atoms with Gasteiger partial charge in [0.2, 0.25) is 17.7 Å². The molecule has 0 saturated carbocycles. The van der Waals surface area contributed by atoms with Crippen molar-refractivity contribution in [1.82, 2.24) is 15.5 Å². The molecule has 2 heterocycles. The highest BCUT2D eigenvalue weighted by molar-refractivity contribution is 7.93. The van der Waals surface area contributed by atoms with Gasteiger partial charge in [-0.1, -0.05) is 37.1 Å². The van der Waals surface area contributed by atoms with Gasteiger partial charge in [-0.3, -0.25) is 18.7 Å². The number of rotatable bonds is 13. The van der Waals surface area contributed by atoms with Gasteiger partial charge in [0, 0.05) is 24.7 Å². The predicted octanol–water partition coefficient (Wildman–Crippen LogP) is 4.28. The largest absolute Gasteiger partial charge is 0.450 e. The van der Waals surface area contributed by atoms with E-state index in [1.807, 2.05) is 6.92 Å². The zero-order valence-electron chi connectivity index (χ0n) is 26.4. The van der Waals surface area contributed by atoms with Gasteiger partial charge in [0.25, 0.3) is 10.0 Å². The minimum absolute atomic E-state index is 0.00498. The fourth-order valence-electron chi connectivity index (χ4n) is 5.84. The summed E-state index contributed by atoms with van der Waals surface area (Å²) in [6, 6.07) is 7.19. The van der Waals surface area contributed by atoms with Gasteiger partial charge in [-0.15, -0.1) is 0 Å². The number of nitrogens with one attached hydrogen (secondary N) is 3. The number of sulfonamides is 1. The number of amides is 4. The fraction of sp³-hybridized carbons (Fsp3) is 0.500. The summed E-state index contributed by atoms with van der Waals surface area (Å²) in [5.74, 6) is -1.59. The summed E-state index contributed by atoms with van der Waals surface area (Å²) in [7, 11) is -4.37. The number of hydrogen-bond acceptors (Lipinski definition) is 7. The molecule has 250 valence electrons. The zero-order chi connectivity index (χ0) is 33.4. The summed E-state index contributed by atoms with van der Waals surface area (Å²) in [4.78, 5) is 54.1. The predicted molar refractivity (Wildman–Crippen MR) is 175 cm³/mol. The molecule has 0 aromatic heterocycles. The first-order chi connectivity index (χ1) is 21.9. The molecule has 3 N–H and O–H groups in total. The van der Waals surface area contributed by atoms with Crippen LogP contribution in [0.5, 0.6) is 0 Å². The molecule has 1 saturated heterocycles. The SMILES string of the molecule is CCCCOC(=O)NCCCC(NC(=O)CC1C(=O)Nc2ccccc2N1S(=O)(=O)c1c(C)cc(Cl)cc1C)C(=O)N1CCCC1. The standard InChI is InChI=1S/C32H42ClN5O7S/c1-4-5-17-45-32(42)34-14-10-12-25(31(41)37-15-8-9-16-37)35-28(39)20-27-30(40)36-24-11-6-7-13-26(24)38(27)46(43,44)29-21(2)18-23(33)19-22(29)3/h6-7,11,13,18-19,25,27H,4-5,8-10,12,14-17,20H2,1-3H3,(H,34,42)(H,35,39)(H,36,40). The highest BCUT2D eigenvalue weighted by Gasteiger charge is 2.43. The summed E-state index contributed by atoms with van der Waals surface area (Å²) >= 11 is 6.18. The Balaban J connectivity index is 1.55. The highest BCUT2D eigenvalue weighted by Crippen LogP contribution is 2.39. The minimum atomic E-state index is -4.37. The highest BCUT2D eigenvalue weighted by atomic mass is 35.5. The molecule has 12 nitrogen and oxygen atoms in total. The Morgan fingerprint density at radius 3 is 2.43 bits per heavy atom. The van der Waals surface area contributed by atoms with Crippen molar-refractivity contribution in [1.29, 1.82) is 0 Å². The molecule has 2 unspecified atom stereocenters. The van der Waals surface area contributed by atoms with E-state index in [2.05, 4.69) is 16.0 Å². The third-order valence-electron chi connectivity index (χ3n) is 8.03. The molecule has 14 heteroatoms. The Labute approximate surface area is 275 Å². The van der Waals surface area contributed by atoms with Crippen LogP contribution in [-0.4, -0.2) is 75.5 Å². The van der Waals surface area contributed by atoms with Crippen molar-refractivity contribution < 1.29 is 32.3 Å². The van der Waals surface area contributed by atoms with Crippen LogP contribution in [0.25, 0.3) is 0 Å². The first-order valence-electron chi connectivity index (χ1n) is 15.6. The number of likely N-dealkylation sites (tertiary alicyclic amines) is 1. The Bertz CT molecular complexity index is 1540. The van der Waals surface area contributed by atoms with Gasteiger partial charge < -0.3 is 25.6 Å². The Kier molecular flexibility index (Phi) is 11.9. The Morgan fingerprint density at radius 2 is 1.76 bits per heavy atom. The number of fused-ring (bicyclic) bond motifs is 1. The van der Waals surface area contributed by atoms with E-state index in [4.69, 9.17) is 16.3 Å². The molecule has 2 aliphatic heterocycles. The van der Waals surface area contributed by atoms with Gasteiger partial charge in [0.15, 0.2) is 0 Å². The number of halogens is 1. The second-order valence-corrected chi connectivity index (χ2v) is 13.8. The number of carbonyl (C=O) groups is 4. The number of aryl methyl sites for hydroxylation is 2. The maximum absolute atomic E-state index is 14.3. The number of alkyl carbamates (subject to hydrolysis) is 1. The van der Waals surface area contributed by atoms with Crippen molar-refractivity contribution in [2.45, 2.75) is 82.7 Å².